The van der Waals surface area contributed by atoms with E-state index in [-0.39, 0.29) is 17.7 Å². The van der Waals surface area contributed by atoms with Crippen LogP contribution in [0.5, 0.6) is 5.75 Å². The molecule has 10 heteroatoms. The van der Waals surface area contributed by atoms with E-state index in [1.807, 2.05) is 42.3 Å². The molecule has 0 saturated carbocycles. The third-order valence-corrected chi connectivity index (χ3v) is 9.11. The third-order valence-electron chi connectivity index (χ3n) is 9.11. The summed E-state index contributed by atoms with van der Waals surface area (Å²) in [7, 11) is 3.60. The highest BCUT2D eigenvalue weighted by molar-refractivity contribution is 6.01. The first kappa shape index (κ1) is 28.1. The number of nitrogens with one attached hydrogen (secondary N) is 1. The lowest BCUT2D eigenvalue weighted by atomic mass is 9.90. The van der Waals surface area contributed by atoms with Gasteiger partial charge >= 0.3 is 0 Å². The number of piperidine rings is 2. The van der Waals surface area contributed by atoms with Crippen LogP contribution in [0.3, 0.4) is 0 Å². The molecule has 222 valence electrons. The number of piperazine rings is 1. The van der Waals surface area contributed by atoms with Gasteiger partial charge in [0.05, 0.1) is 24.9 Å². The summed E-state index contributed by atoms with van der Waals surface area (Å²) in [5.74, 6) is 0.805. The number of aryl methyl sites for hydroxylation is 1. The first-order valence-corrected chi connectivity index (χ1v) is 15.0. The minimum atomic E-state index is -0.232. The average molecular weight is 572 g/mol. The Labute approximate surface area is 247 Å². The highest BCUT2D eigenvalue weighted by Gasteiger charge is 2.29. The molecule has 3 aliphatic rings. The van der Waals surface area contributed by atoms with Crippen molar-refractivity contribution >= 4 is 28.9 Å². The van der Waals surface area contributed by atoms with Crippen molar-refractivity contribution in [3.05, 3.63) is 54.4 Å². The summed E-state index contributed by atoms with van der Waals surface area (Å²) in [6.45, 7) is 7.24. The Bertz CT molecular complexity index is 1420. The fourth-order valence-corrected chi connectivity index (χ4v) is 6.66. The summed E-state index contributed by atoms with van der Waals surface area (Å²) in [6, 6.07) is 12.4. The highest BCUT2D eigenvalue weighted by Crippen LogP contribution is 2.39. The molecule has 0 bridgehead atoms. The van der Waals surface area contributed by atoms with Gasteiger partial charge in [-0.25, -0.2) is 0 Å². The van der Waals surface area contributed by atoms with Crippen molar-refractivity contribution in [1.82, 2.24) is 20.0 Å². The predicted molar refractivity (Wildman–Crippen MR) is 165 cm³/mol. The van der Waals surface area contributed by atoms with E-state index >= 15 is 0 Å². The van der Waals surface area contributed by atoms with Crippen molar-refractivity contribution < 1.29 is 14.3 Å². The van der Waals surface area contributed by atoms with Crippen molar-refractivity contribution in [3.63, 3.8) is 0 Å². The number of ether oxygens (including phenoxy) is 1. The maximum absolute atomic E-state index is 12.2. The quantitative estimate of drug-likeness (QED) is 0.329. The molecule has 2 amide bonds. The van der Waals surface area contributed by atoms with Gasteiger partial charge in [0.1, 0.15) is 5.75 Å². The van der Waals surface area contributed by atoms with Gasteiger partial charge in [0.15, 0.2) is 0 Å². The van der Waals surface area contributed by atoms with E-state index < -0.39 is 0 Å². The first-order valence-electron chi connectivity index (χ1n) is 15.0. The molecule has 4 heterocycles. The Hall–Kier alpha value is -4.05. The maximum atomic E-state index is 12.2. The minimum absolute atomic E-state index is 0.172. The van der Waals surface area contributed by atoms with Crippen LogP contribution >= 0.6 is 0 Å². The highest BCUT2D eigenvalue weighted by atomic mass is 16.5. The molecule has 0 radical (unpaired) electrons. The van der Waals surface area contributed by atoms with E-state index in [2.05, 4.69) is 43.3 Å². The largest absolute Gasteiger partial charge is 0.495 e. The standard InChI is InChI=1S/C32H41N7O3/c1-36-21-24(19-34-36)27-17-28(33)30(42-2)18-29(27)39-11-9-22(10-12-39)20-37-13-15-38(16-14-37)25-5-3-23(4-6-25)26-7-8-31(40)35-32(26)41/h3-6,17-19,21-22,26H,7-16,20,33H2,1-2H3,(H,35,40,41). The lowest BCUT2D eigenvalue weighted by Gasteiger charge is -2.40. The number of hydrogen-bond acceptors (Lipinski definition) is 8. The Balaban J connectivity index is 1.01. The number of aromatic nitrogens is 2. The van der Waals surface area contributed by atoms with Crippen molar-refractivity contribution in [2.45, 2.75) is 31.6 Å². The number of nitrogen functional groups attached to an aromatic ring is 1. The van der Waals surface area contributed by atoms with Crippen LogP contribution < -0.4 is 25.6 Å². The zero-order valence-electron chi connectivity index (χ0n) is 24.6. The number of anilines is 3. The lowest BCUT2D eigenvalue weighted by molar-refractivity contribution is -0.134. The predicted octanol–water partition coefficient (Wildman–Crippen LogP) is 3.24. The third kappa shape index (κ3) is 5.94. The number of methoxy groups -OCH3 is 1. The Morgan fingerprint density at radius 3 is 2.36 bits per heavy atom. The van der Waals surface area contributed by atoms with Crippen LogP contribution in [-0.2, 0) is 16.6 Å². The van der Waals surface area contributed by atoms with Gasteiger partial charge in [0.2, 0.25) is 11.8 Å². The molecule has 3 N–H and O–H groups in total. The zero-order valence-corrected chi connectivity index (χ0v) is 24.6. The fraction of sp³-hybridized carbons (Fsp3) is 0.469. The SMILES string of the molecule is COc1cc(N2CCC(CN3CCN(c4ccc(C5CCC(=O)NC5=O)cc4)CC3)CC2)c(-c2cnn(C)c2)cc1N. The van der Waals surface area contributed by atoms with Gasteiger partial charge in [0.25, 0.3) is 0 Å². The maximum Gasteiger partial charge on any atom is 0.234 e. The molecule has 3 aromatic rings. The lowest BCUT2D eigenvalue weighted by Crippen LogP contribution is -2.49. The molecule has 6 rings (SSSR count). The van der Waals surface area contributed by atoms with Gasteiger partial charge < -0.3 is 20.3 Å². The van der Waals surface area contributed by atoms with Crippen LogP contribution in [-0.4, -0.2) is 79.4 Å². The molecular weight excluding hydrogens is 530 g/mol. The van der Waals surface area contributed by atoms with Gasteiger partial charge in [-0.3, -0.25) is 24.5 Å². The van der Waals surface area contributed by atoms with Gasteiger partial charge in [0, 0.05) is 94.0 Å². The normalized spacial score (nSPS) is 20.6. The van der Waals surface area contributed by atoms with Gasteiger partial charge in [-0.05, 0) is 48.9 Å². The molecular formula is C32H41N7O3. The summed E-state index contributed by atoms with van der Waals surface area (Å²) in [5.41, 5.74) is 12.4. The minimum Gasteiger partial charge on any atom is -0.495 e. The topological polar surface area (TPSA) is 109 Å². The van der Waals surface area contributed by atoms with E-state index in [1.165, 1.54) is 5.69 Å². The number of benzene rings is 2. The number of carbonyl (C=O) groups excluding carboxylic acids is 2. The molecule has 3 aliphatic heterocycles. The molecule has 1 unspecified atom stereocenters. The number of carbonyl (C=O) groups is 2. The van der Waals surface area contributed by atoms with Crippen molar-refractivity contribution in [1.29, 1.82) is 0 Å². The Morgan fingerprint density at radius 2 is 1.71 bits per heavy atom. The average Bonchev–Trinajstić information content (AvgIpc) is 3.44. The second kappa shape index (κ2) is 12.1. The Morgan fingerprint density at radius 1 is 0.976 bits per heavy atom. The molecule has 42 heavy (non-hydrogen) atoms. The zero-order chi connectivity index (χ0) is 29.2. The van der Waals surface area contributed by atoms with Crippen LogP contribution in [0.2, 0.25) is 0 Å². The fourth-order valence-electron chi connectivity index (χ4n) is 6.66. The molecule has 10 nitrogen and oxygen atoms in total. The summed E-state index contributed by atoms with van der Waals surface area (Å²) >= 11 is 0. The monoisotopic (exact) mass is 571 g/mol. The van der Waals surface area contributed by atoms with Gasteiger partial charge in [-0.1, -0.05) is 12.1 Å². The number of rotatable bonds is 7. The van der Waals surface area contributed by atoms with Crippen LogP contribution in [0.15, 0.2) is 48.8 Å². The Kier molecular flexibility index (Phi) is 8.06. The number of amides is 2. The molecule has 1 aromatic heterocycles. The molecule has 3 saturated heterocycles. The molecule has 3 fully saturated rings. The van der Waals surface area contributed by atoms with Crippen LogP contribution in [0, 0.1) is 5.92 Å². The van der Waals surface area contributed by atoms with Gasteiger partial charge in [-0.15, -0.1) is 0 Å². The van der Waals surface area contributed by atoms with Gasteiger partial charge in [-0.2, -0.15) is 5.10 Å². The molecule has 1 atom stereocenters. The molecule has 2 aromatic carbocycles. The first-order chi connectivity index (χ1) is 20.4. The summed E-state index contributed by atoms with van der Waals surface area (Å²) in [6.07, 6.45) is 7.22. The summed E-state index contributed by atoms with van der Waals surface area (Å²) in [4.78, 5) is 31.2. The van der Waals surface area contributed by atoms with Crippen LogP contribution in [0.1, 0.15) is 37.2 Å². The van der Waals surface area contributed by atoms with Crippen molar-refractivity contribution in [2.24, 2.45) is 13.0 Å². The van der Waals surface area contributed by atoms with E-state index in [0.29, 0.717) is 30.2 Å². The number of hydrogen-bond donors (Lipinski definition) is 2. The van der Waals surface area contributed by atoms with E-state index in [4.69, 9.17) is 10.5 Å². The van der Waals surface area contributed by atoms with E-state index in [0.717, 1.165) is 81.0 Å². The number of imide groups is 1. The molecule has 0 aliphatic carbocycles. The smallest absolute Gasteiger partial charge is 0.234 e. The second-order valence-corrected chi connectivity index (χ2v) is 11.8. The van der Waals surface area contributed by atoms with Crippen molar-refractivity contribution in [2.75, 3.05) is 68.5 Å². The van der Waals surface area contributed by atoms with E-state index in [1.54, 1.807) is 7.11 Å². The van der Waals surface area contributed by atoms with Crippen LogP contribution in [0.4, 0.5) is 17.1 Å². The number of nitrogens with zero attached hydrogens (tertiary/aromatic N) is 5. The van der Waals surface area contributed by atoms with Crippen molar-refractivity contribution in [3.8, 4) is 16.9 Å². The second-order valence-electron chi connectivity index (χ2n) is 11.8. The summed E-state index contributed by atoms with van der Waals surface area (Å²) < 4.78 is 7.39. The number of nitrogens with two attached hydrogens (primary N) is 1. The summed E-state index contributed by atoms with van der Waals surface area (Å²) in [5, 5.41) is 6.84. The molecule has 0 spiro atoms. The van der Waals surface area contributed by atoms with Crippen LogP contribution in [0.25, 0.3) is 11.1 Å². The van der Waals surface area contributed by atoms with E-state index in [9.17, 15) is 9.59 Å².